The molecule has 0 bridgehead atoms. The first-order valence-electron chi connectivity index (χ1n) is 6.57. The first kappa shape index (κ1) is 13.8. The van der Waals surface area contributed by atoms with Gasteiger partial charge in [0.25, 0.3) is 0 Å². The normalized spacial score (nSPS) is 15.2. The summed E-state index contributed by atoms with van der Waals surface area (Å²) in [5.41, 5.74) is 6.79. The number of benzene rings is 1. The molecule has 0 saturated heterocycles. The van der Waals surface area contributed by atoms with E-state index in [4.69, 9.17) is 17.3 Å². The highest BCUT2D eigenvalue weighted by molar-refractivity contribution is 6.30. The summed E-state index contributed by atoms with van der Waals surface area (Å²) >= 11 is 5.62. The third-order valence-electron chi connectivity index (χ3n) is 3.36. The zero-order chi connectivity index (χ0) is 15.0. The van der Waals surface area contributed by atoms with Crippen molar-refractivity contribution in [1.82, 2.24) is 9.55 Å². The molecule has 0 aliphatic heterocycles. The van der Waals surface area contributed by atoms with Crippen molar-refractivity contribution in [1.29, 1.82) is 0 Å². The summed E-state index contributed by atoms with van der Waals surface area (Å²) in [7, 11) is 0. The van der Waals surface area contributed by atoms with Gasteiger partial charge < -0.3 is 5.73 Å². The minimum absolute atomic E-state index is 0.0401. The van der Waals surface area contributed by atoms with Crippen LogP contribution in [0, 0.1) is 5.82 Å². The maximum atomic E-state index is 13.4. The Hall–Kier alpha value is -2.14. The standard InChI is InChI=1S/C15H13ClFN3O/c16-11-4-1-9(7-12(11)17)8-14(18)20-6-5-13(10-2-3-10)19-15(20)21/h1,4-8,10H,2-3,18H2. The van der Waals surface area contributed by atoms with E-state index in [-0.39, 0.29) is 10.8 Å². The van der Waals surface area contributed by atoms with Crippen LogP contribution in [0.3, 0.4) is 0 Å². The molecule has 1 aliphatic carbocycles. The van der Waals surface area contributed by atoms with Crippen LogP contribution in [0.4, 0.5) is 4.39 Å². The van der Waals surface area contributed by atoms with Crippen LogP contribution in [0.15, 0.2) is 35.3 Å². The predicted molar refractivity (Wildman–Crippen MR) is 80.2 cm³/mol. The molecule has 4 nitrogen and oxygen atoms in total. The average molecular weight is 306 g/mol. The zero-order valence-electron chi connectivity index (χ0n) is 11.1. The number of nitrogens with two attached hydrogens (primary N) is 1. The smallest absolute Gasteiger partial charge is 0.353 e. The van der Waals surface area contributed by atoms with E-state index in [1.807, 2.05) is 0 Å². The van der Waals surface area contributed by atoms with E-state index in [1.54, 1.807) is 18.3 Å². The second-order valence-corrected chi connectivity index (χ2v) is 5.43. The molecule has 108 valence electrons. The molecule has 0 radical (unpaired) electrons. The molecule has 1 saturated carbocycles. The van der Waals surface area contributed by atoms with Crippen molar-refractivity contribution in [3.05, 3.63) is 63.0 Å². The first-order chi connectivity index (χ1) is 10.0. The summed E-state index contributed by atoms with van der Waals surface area (Å²) in [5.74, 6) is 0.0484. The Morgan fingerprint density at radius 2 is 2.19 bits per heavy atom. The molecule has 1 heterocycles. The molecule has 3 rings (SSSR count). The Kier molecular flexibility index (Phi) is 3.51. The van der Waals surface area contributed by atoms with E-state index in [9.17, 15) is 9.18 Å². The first-order valence-corrected chi connectivity index (χ1v) is 6.94. The number of hydrogen-bond acceptors (Lipinski definition) is 3. The van der Waals surface area contributed by atoms with E-state index in [2.05, 4.69) is 4.98 Å². The molecule has 0 amide bonds. The van der Waals surface area contributed by atoms with Crippen molar-refractivity contribution in [3.63, 3.8) is 0 Å². The average Bonchev–Trinajstić information content (AvgIpc) is 3.27. The monoisotopic (exact) mass is 305 g/mol. The lowest BCUT2D eigenvalue weighted by Crippen LogP contribution is -2.25. The van der Waals surface area contributed by atoms with Gasteiger partial charge in [-0.25, -0.2) is 9.18 Å². The van der Waals surface area contributed by atoms with Crippen molar-refractivity contribution < 1.29 is 4.39 Å². The molecule has 1 aromatic carbocycles. The van der Waals surface area contributed by atoms with E-state index in [0.29, 0.717) is 11.5 Å². The van der Waals surface area contributed by atoms with Gasteiger partial charge in [0.05, 0.1) is 10.7 Å². The van der Waals surface area contributed by atoms with E-state index < -0.39 is 11.5 Å². The van der Waals surface area contributed by atoms with Crippen LogP contribution in [0.1, 0.15) is 30.0 Å². The van der Waals surface area contributed by atoms with Gasteiger partial charge in [-0.15, -0.1) is 0 Å². The van der Waals surface area contributed by atoms with Crippen LogP contribution in [-0.2, 0) is 0 Å². The Balaban J connectivity index is 1.93. The highest BCUT2D eigenvalue weighted by Gasteiger charge is 2.25. The van der Waals surface area contributed by atoms with Crippen molar-refractivity contribution >= 4 is 23.5 Å². The van der Waals surface area contributed by atoms with Crippen LogP contribution in [0.5, 0.6) is 0 Å². The number of rotatable bonds is 3. The predicted octanol–water partition coefficient (Wildman–Crippen LogP) is 2.83. The third-order valence-corrected chi connectivity index (χ3v) is 3.66. The Morgan fingerprint density at radius 3 is 2.81 bits per heavy atom. The van der Waals surface area contributed by atoms with E-state index >= 15 is 0 Å². The molecule has 1 aromatic heterocycles. The minimum atomic E-state index is -0.534. The summed E-state index contributed by atoms with van der Waals surface area (Å²) in [5, 5.41) is 0.0401. The van der Waals surface area contributed by atoms with Gasteiger partial charge >= 0.3 is 5.69 Å². The number of aromatic nitrogens is 2. The largest absolute Gasteiger partial charge is 0.385 e. The fourth-order valence-corrected chi connectivity index (χ4v) is 2.18. The molecule has 1 fully saturated rings. The molecule has 21 heavy (non-hydrogen) atoms. The highest BCUT2D eigenvalue weighted by Crippen LogP contribution is 2.38. The van der Waals surface area contributed by atoms with Crippen LogP contribution in [0.2, 0.25) is 5.02 Å². The lowest BCUT2D eigenvalue weighted by Gasteiger charge is -2.06. The van der Waals surface area contributed by atoms with Crippen LogP contribution in [-0.4, -0.2) is 9.55 Å². The topological polar surface area (TPSA) is 60.9 Å². The SMILES string of the molecule is NC(=Cc1ccc(Cl)c(F)c1)n1ccc(C2CC2)nc1=O. The number of nitrogens with zero attached hydrogens (tertiary/aromatic N) is 2. The summed E-state index contributed by atoms with van der Waals surface area (Å²) in [6, 6.07) is 6.11. The number of halogens is 2. The summed E-state index contributed by atoms with van der Waals surface area (Å²) < 4.78 is 14.6. The van der Waals surface area contributed by atoms with Gasteiger partial charge in [-0.3, -0.25) is 4.57 Å². The van der Waals surface area contributed by atoms with Gasteiger partial charge in [0.15, 0.2) is 0 Å². The van der Waals surface area contributed by atoms with Gasteiger partial charge in [0.2, 0.25) is 0 Å². The summed E-state index contributed by atoms with van der Waals surface area (Å²) in [6.45, 7) is 0. The molecule has 1 aliphatic rings. The molecule has 2 aromatic rings. The Bertz CT molecular complexity index is 781. The van der Waals surface area contributed by atoms with Crippen molar-refractivity contribution in [2.45, 2.75) is 18.8 Å². The maximum Gasteiger partial charge on any atom is 0.353 e. The molecule has 6 heteroatoms. The summed E-state index contributed by atoms with van der Waals surface area (Å²) in [4.78, 5) is 16.0. The molecule has 0 atom stereocenters. The highest BCUT2D eigenvalue weighted by atomic mass is 35.5. The molecule has 0 unspecified atom stereocenters. The van der Waals surface area contributed by atoms with Crippen LogP contribution in [0.25, 0.3) is 11.9 Å². The second kappa shape index (κ2) is 5.33. The van der Waals surface area contributed by atoms with Gasteiger partial charge in [-0.2, -0.15) is 4.98 Å². The van der Waals surface area contributed by atoms with E-state index in [1.165, 1.54) is 22.8 Å². The van der Waals surface area contributed by atoms with Crippen molar-refractivity contribution in [2.75, 3.05) is 0 Å². The number of hydrogen-bond donors (Lipinski definition) is 1. The lowest BCUT2D eigenvalue weighted by molar-refractivity contribution is 0.628. The van der Waals surface area contributed by atoms with E-state index in [0.717, 1.165) is 18.5 Å². The second-order valence-electron chi connectivity index (χ2n) is 5.02. The Morgan fingerprint density at radius 1 is 1.43 bits per heavy atom. The Labute approximate surface area is 125 Å². The summed E-state index contributed by atoms with van der Waals surface area (Å²) in [6.07, 6.45) is 5.25. The molecular formula is C15H13ClFN3O. The van der Waals surface area contributed by atoms with Gasteiger partial charge in [-0.05, 0) is 42.7 Å². The molecule has 0 spiro atoms. The maximum absolute atomic E-state index is 13.4. The fourth-order valence-electron chi connectivity index (χ4n) is 2.06. The minimum Gasteiger partial charge on any atom is -0.385 e. The van der Waals surface area contributed by atoms with Gasteiger partial charge in [0.1, 0.15) is 11.6 Å². The zero-order valence-corrected chi connectivity index (χ0v) is 11.8. The van der Waals surface area contributed by atoms with Crippen LogP contribution >= 0.6 is 11.6 Å². The fraction of sp³-hybridized carbons (Fsp3) is 0.200. The quantitative estimate of drug-likeness (QED) is 0.948. The van der Waals surface area contributed by atoms with Gasteiger partial charge in [-0.1, -0.05) is 17.7 Å². The van der Waals surface area contributed by atoms with Crippen molar-refractivity contribution in [2.24, 2.45) is 5.73 Å². The van der Waals surface area contributed by atoms with Crippen LogP contribution < -0.4 is 11.4 Å². The van der Waals surface area contributed by atoms with Gasteiger partial charge in [0, 0.05) is 12.1 Å². The lowest BCUT2D eigenvalue weighted by atomic mass is 10.2. The van der Waals surface area contributed by atoms with Crippen molar-refractivity contribution in [3.8, 4) is 0 Å². The third kappa shape index (κ3) is 2.97. The molecular weight excluding hydrogens is 293 g/mol. The molecule has 2 N–H and O–H groups in total.